The number of hydrogen-bond acceptors (Lipinski definition) is 4. The Morgan fingerprint density at radius 3 is 2.27 bits per heavy atom. The Kier molecular flexibility index (Phi) is 6.42. The molecule has 2 bridgehead atoms. The van der Waals surface area contributed by atoms with Crippen LogP contribution in [0.4, 0.5) is 0 Å². The number of hydrogen-bond donors (Lipinski definition) is 0. The van der Waals surface area contributed by atoms with Crippen molar-refractivity contribution in [3.63, 3.8) is 0 Å². The fraction of sp³-hybridized carbons (Fsp3) is 0.708. The minimum atomic E-state index is -3.51. The standard InChI is InChI=1S/C24H36N2O2S2/c1-18(2)26(19(3)4)30(27,28)17-23-13-12-21(22(23,5)6)14-24(23,16-25)29-15-20-10-8-7-9-11-20/h7-11,18-19,21H,12-15,17H2,1-6H3. The highest BCUT2D eigenvalue weighted by Crippen LogP contribution is 2.74. The van der Waals surface area contributed by atoms with Crippen LogP contribution < -0.4 is 0 Å². The van der Waals surface area contributed by atoms with Crippen molar-refractivity contribution in [3.8, 4) is 6.07 Å². The van der Waals surface area contributed by atoms with E-state index in [4.69, 9.17) is 0 Å². The Morgan fingerprint density at radius 2 is 1.77 bits per heavy atom. The summed E-state index contributed by atoms with van der Waals surface area (Å²) in [6.45, 7) is 12.2. The second-order valence-corrected chi connectivity index (χ2v) is 13.4. The number of sulfonamides is 1. The first kappa shape index (κ1) is 23.6. The summed E-state index contributed by atoms with van der Waals surface area (Å²) >= 11 is 1.67. The minimum absolute atomic E-state index is 0.0647. The van der Waals surface area contributed by atoms with E-state index in [1.54, 1.807) is 16.1 Å². The predicted octanol–water partition coefficient (Wildman–Crippen LogP) is 5.46. The normalized spacial score (nSPS) is 30.3. The SMILES string of the molecule is CC(C)N(C(C)C)S(=O)(=O)CC12CCC(CC1(C#N)SCc1ccccc1)C2(C)C. The number of nitrogens with zero attached hydrogens (tertiary/aromatic N) is 2. The van der Waals surface area contributed by atoms with E-state index in [2.05, 4.69) is 32.0 Å². The second-order valence-electron chi connectivity index (χ2n) is 10.2. The lowest BCUT2D eigenvalue weighted by molar-refractivity contribution is 0.139. The van der Waals surface area contributed by atoms with Gasteiger partial charge in [0.25, 0.3) is 0 Å². The van der Waals surface area contributed by atoms with E-state index in [1.807, 2.05) is 45.9 Å². The van der Waals surface area contributed by atoms with Gasteiger partial charge in [-0.1, -0.05) is 44.2 Å². The molecule has 0 heterocycles. The predicted molar refractivity (Wildman–Crippen MR) is 126 cm³/mol. The molecule has 30 heavy (non-hydrogen) atoms. The van der Waals surface area contributed by atoms with Gasteiger partial charge in [-0.15, -0.1) is 11.8 Å². The van der Waals surface area contributed by atoms with Crippen molar-refractivity contribution in [1.29, 1.82) is 5.26 Å². The number of nitriles is 1. The molecule has 0 aliphatic heterocycles. The van der Waals surface area contributed by atoms with Gasteiger partial charge in [-0.2, -0.15) is 9.57 Å². The average molecular weight is 449 g/mol. The summed E-state index contributed by atoms with van der Waals surface area (Å²) in [5, 5.41) is 10.5. The summed E-state index contributed by atoms with van der Waals surface area (Å²) in [6.07, 6.45) is 2.61. The first-order valence-electron chi connectivity index (χ1n) is 11.0. The van der Waals surface area contributed by atoms with Crippen LogP contribution in [0.2, 0.25) is 0 Å². The van der Waals surface area contributed by atoms with Gasteiger partial charge in [0, 0.05) is 23.3 Å². The first-order valence-corrected chi connectivity index (χ1v) is 13.6. The van der Waals surface area contributed by atoms with Gasteiger partial charge in [-0.3, -0.25) is 0 Å². The molecule has 3 rings (SSSR count). The van der Waals surface area contributed by atoms with E-state index in [-0.39, 0.29) is 23.3 Å². The third-order valence-electron chi connectivity index (χ3n) is 7.76. The summed E-state index contributed by atoms with van der Waals surface area (Å²) < 4.78 is 28.4. The summed E-state index contributed by atoms with van der Waals surface area (Å²) in [7, 11) is -3.51. The van der Waals surface area contributed by atoms with Gasteiger partial charge in [0.05, 0.1) is 11.8 Å². The highest BCUT2D eigenvalue weighted by Gasteiger charge is 2.73. The van der Waals surface area contributed by atoms with Crippen LogP contribution in [-0.4, -0.2) is 35.3 Å². The molecule has 0 N–H and O–H groups in total. The molecule has 0 amide bonds. The highest BCUT2D eigenvalue weighted by molar-refractivity contribution is 8.00. The molecule has 2 fully saturated rings. The zero-order valence-electron chi connectivity index (χ0n) is 19.2. The molecule has 2 aliphatic carbocycles. The summed E-state index contributed by atoms with van der Waals surface area (Å²) in [5.41, 5.74) is 0.459. The third kappa shape index (κ3) is 3.61. The summed E-state index contributed by atoms with van der Waals surface area (Å²) in [5.74, 6) is 1.19. The molecule has 2 aliphatic rings. The fourth-order valence-corrected chi connectivity index (χ4v) is 10.9. The Morgan fingerprint density at radius 1 is 1.17 bits per heavy atom. The maximum absolute atomic E-state index is 13.7. The average Bonchev–Trinajstić information content (AvgIpc) is 2.99. The fourth-order valence-electron chi connectivity index (χ4n) is 6.28. The van der Waals surface area contributed by atoms with Gasteiger partial charge in [0.1, 0.15) is 4.75 Å². The second kappa shape index (κ2) is 8.15. The largest absolute Gasteiger partial charge is 0.215 e. The zero-order valence-corrected chi connectivity index (χ0v) is 20.8. The molecule has 4 nitrogen and oxygen atoms in total. The van der Waals surface area contributed by atoms with Crippen LogP contribution in [0, 0.1) is 28.1 Å². The molecule has 3 unspecified atom stereocenters. The van der Waals surface area contributed by atoms with Crippen LogP contribution in [0.5, 0.6) is 0 Å². The molecule has 3 atom stereocenters. The Balaban J connectivity index is 2.01. The molecule has 2 saturated carbocycles. The van der Waals surface area contributed by atoms with Crippen molar-refractivity contribution < 1.29 is 8.42 Å². The summed E-state index contributed by atoms with van der Waals surface area (Å²) in [4.78, 5) is 0. The van der Waals surface area contributed by atoms with Gasteiger partial charge < -0.3 is 0 Å². The van der Waals surface area contributed by atoms with Crippen molar-refractivity contribution in [2.24, 2.45) is 16.7 Å². The van der Waals surface area contributed by atoms with Crippen LogP contribution in [-0.2, 0) is 15.8 Å². The molecular weight excluding hydrogens is 412 g/mol. The van der Waals surface area contributed by atoms with Crippen LogP contribution in [0.3, 0.4) is 0 Å². The lowest BCUT2D eigenvalue weighted by Crippen LogP contribution is -2.54. The van der Waals surface area contributed by atoms with Crippen LogP contribution >= 0.6 is 11.8 Å². The van der Waals surface area contributed by atoms with E-state index in [0.29, 0.717) is 5.92 Å². The van der Waals surface area contributed by atoms with Crippen molar-refractivity contribution in [3.05, 3.63) is 35.9 Å². The number of thioether (sulfide) groups is 1. The maximum atomic E-state index is 13.7. The Hall–Kier alpha value is -1.03. The van der Waals surface area contributed by atoms with Gasteiger partial charge >= 0.3 is 0 Å². The van der Waals surface area contributed by atoms with E-state index in [9.17, 15) is 13.7 Å². The summed E-state index contributed by atoms with van der Waals surface area (Å²) in [6, 6.07) is 12.7. The van der Waals surface area contributed by atoms with Crippen molar-refractivity contribution in [2.75, 3.05) is 5.75 Å². The molecule has 0 spiro atoms. The number of benzene rings is 1. The van der Waals surface area contributed by atoms with Gasteiger partial charge in [0.2, 0.25) is 10.0 Å². The quantitative estimate of drug-likeness (QED) is 0.530. The minimum Gasteiger partial charge on any atom is -0.212 e. The van der Waals surface area contributed by atoms with Gasteiger partial charge in [-0.25, -0.2) is 8.42 Å². The van der Waals surface area contributed by atoms with Crippen molar-refractivity contribution in [2.45, 2.75) is 83.4 Å². The molecule has 0 aromatic heterocycles. The zero-order chi connectivity index (χ0) is 22.4. The smallest absolute Gasteiger partial charge is 0.212 e. The van der Waals surface area contributed by atoms with Crippen LogP contribution in [0.15, 0.2) is 30.3 Å². The maximum Gasteiger partial charge on any atom is 0.215 e. The van der Waals surface area contributed by atoms with Gasteiger partial charge in [-0.05, 0) is 63.9 Å². The number of rotatable bonds is 8. The van der Waals surface area contributed by atoms with E-state index in [0.717, 1.165) is 25.0 Å². The number of fused-ring (bicyclic) bond motifs is 2. The van der Waals surface area contributed by atoms with Crippen LogP contribution in [0.1, 0.15) is 66.4 Å². The Bertz CT molecular complexity index is 897. The van der Waals surface area contributed by atoms with Crippen LogP contribution in [0.25, 0.3) is 0 Å². The van der Waals surface area contributed by atoms with Gasteiger partial charge in [0.15, 0.2) is 0 Å². The Labute approximate surface area is 187 Å². The first-order chi connectivity index (χ1) is 13.9. The van der Waals surface area contributed by atoms with Crippen molar-refractivity contribution >= 4 is 21.8 Å². The van der Waals surface area contributed by atoms with E-state index >= 15 is 0 Å². The third-order valence-corrected chi connectivity index (χ3v) is 11.7. The van der Waals surface area contributed by atoms with E-state index in [1.165, 1.54) is 5.56 Å². The molecular formula is C24H36N2O2S2. The lowest BCUT2D eigenvalue weighted by atomic mass is 9.66. The molecule has 6 heteroatoms. The monoisotopic (exact) mass is 448 g/mol. The molecule has 0 saturated heterocycles. The topological polar surface area (TPSA) is 61.2 Å². The van der Waals surface area contributed by atoms with E-state index < -0.39 is 20.2 Å². The molecule has 1 aromatic carbocycles. The molecule has 1 aromatic rings. The lowest BCUT2D eigenvalue weighted by Gasteiger charge is -2.48. The highest BCUT2D eigenvalue weighted by atomic mass is 32.2. The van der Waals surface area contributed by atoms with Crippen molar-refractivity contribution in [1.82, 2.24) is 4.31 Å². The molecule has 0 radical (unpaired) electrons. The molecule has 166 valence electrons.